The molecule has 0 radical (unpaired) electrons. The molecule has 0 saturated heterocycles. The molecule has 1 amide bonds. The van der Waals surface area contributed by atoms with Crippen molar-refractivity contribution in [3.05, 3.63) is 71.3 Å². The average Bonchev–Trinajstić information content (AvgIpc) is 2.48. The molecule has 0 aliphatic rings. The Kier molecular flexibility index (Phi) is 8.34. The van der Waals surface area contributed by atoms with E-state index in [0.29, 0.717) is 5.56 Å². The minimum Gasteiger partial charge on any atom is -0.545 e. The summed E-state index contributed by atoms with van der Waals surface area (Å²) in [6.07, 6.45) is 0. The van der Waals surface area contributed by atoms with Crippen LogP contribution in [0.4, 0.5) is 0 Å². The van der Waals surface area contributed by atoms with Gasteiger partial charge in [-0.15, -0.1) is 0 Å². The molecule has 2 aromatic carbocycles. The molecular weight excluding hydrogens is 340 g/mol. The van der Waals surface area contributed by atoms with E-state index in [2.05, 4.69) is 0 Å². The summed E-state index contributed by atoms with van der Waals surface area (Å²) in [6.45, 7) is 0. The Hall–Kier alpha value is -2.53. The molecule has 0 saturated carbocycles. The third-order valence-electron chi connectivity index (χ3n) is 2.43. The molecule has 0 unspecified atom stereocenters. The molecule has 108 valence electrons. The fraction of sp³-hybridized carbons (Fsp3) is 0. The quantitative estimate of drug-likeness (QED) is 0.726. The van der Waals surface area contributed by atoms with Crippen LogP contribution in [-0.4, -0.2) is 17.8 Å². The van der Waals surface area contributed by atoms with Gasteiger partial charge in [-0.05, 0) is 12.1 Å². The van der Waals surface area contributed by atoms with E-state index in [0.717, 1.165) is 12.1 Å². The third kappa shape index (κ3) is 5.85. The molecule has 0 bridgehead atoms. The van der Waals surface area contributed by atoms with Gasteiger partial charge in [-0.1, -0.05) is 42.5 Å². The van der Waals surface area contributed by atoms with Gasteiger partial charge in [0, 0.05) is 16.7 Å². The number of hydrogen-bond donors (Lipinski definition) is 1. The molecule has 0 aliphatic heterocycles. The molecule has 2 rings (SSSR count). The van der Waals surface area contributed by atoms with E-state index in [-0.39, 0.29) is 36.5 Å². The Morgan fingerprint density at radius 2 is 1.09 bits per heavy atom. The molecule has 0 aliphatic carbocycles. The van der Waals surface area contributed by atoms with Gasteiger partial charge in [0.25, 0.3) is 0 Å². The average molecular weight is 351 g/mol. The number of carbonyl (C=O) groups excluding carboxylic acids is 3. The minimum absolute atomic E-state index is 0. The van der Waals surface area contributed by atoms with Crippen molar-refractivity contribution in [1.82, 2.24) is 0 Å². The summed E-state index contributed by atoms with van der Waals surface area (Å²) in [5, 5.41) is 20.6. The van der Waals surface area contributed by atoms with Gasteiger partial charge >= 0.3 is 19.5 Å². The number of carboxylic acid groups (broad SMARTS) is 2. The summed E-state index contributed by atoms with van der Waals surface area (Å²) < 4.78 is 0. The van der Waals surface area contributed by atoms with Gasteiger partial charge < -0.3 is 25.5 Å². The summed E-state index contributed by atoms with van der Waals surface area (Å²) in [6, 6.07) is 13.9. The van der Waals surface area contributed by atoms with Crippen molar-refractivity contribution in [2.75, 3.05) is 0 Å². The van der Waals surface area contributed by atoms with Crippen LogP contribution in [0.3, 0.4) is 0 Å². The largest absolute Gasteiger partial charge is 2.00 e. The fourth-order valence-corrected chi connectivity index (χ4v) is 1.44. The third-order valence-corrected chi connectivity index (χ3v) is 2.43. The predicted octanol–water partition coefficient (Wildman–Crippen LogP) is -0.803. The van der Waals surface area contributed by atoms with Crippen molar-refractivity contribution < 1.29 is 44.1 Å². The fourth-order valence-electron chi connectivity index (χ4n) is 1.44. The molecule has 0 atom stereocenters. The number of primary amides is 1. The standard InChI is InChI=1S/C8H6O4.C7H7NO.Zn/c9-7(10)5-3-1-2-4-6(5)8(11)12;8-7(9)6-4-2-1-3-5-6;/h1-4H,(H,9,10)(H,11,12);1-5H,(H2,8,9);/q;;+2/p-2. The molecule has 0 fully saturated rings. The number of carbonyl (C=O) groups is 3. The Bertz CT molecular complexity index is 625. The van der Waals surface area contributed by atoms with Gasteiger partial charge in [0.1, 0.15) is 0 Å². The molecule has 2 aromatic rings. The van der Waals surface area contributed by atoms with Crippen molar-refractivity contribution in [2.45, 2.75) is 0 Å². The van der Waals surface area contributed by atoms with E-state index in [4.69, 9.17) is 5.73 Å². The Balaban J connectivity index is 0.000000397. The normalized spacial score (nSPS) is 8.73. The van der Waals surface area contributed by atoms with Crippen molar-refractivity contribution in [2.24, 2.45) is 5.73 Å². The van der Waals surface area contributed by atoms with Crippen LogP contribution < -0.4 is 15.9 Å². The molecule has 0 spiro atoms. The Labute approximate surface area is 139 Å². The van der Waals surface area contributed by atoms with Gasteiger partial charge in [0.2, 0.25) is 5.91 Å². The van der Waals surface area contributed by atoms with Gasteiger partial charge in [-0.25, -0.2) is 0 Å². The molecule has 0 heterocycles. The number of carboxylic acids is 2. The van der Waals surface area contributed by atoms with Crippen LogP contribution in [0.25, 0.3) is 0 Å². The Morgan fingerprint density at radius 1 is 0.727 bits per heavy atom. The number of nitrogens with two attached hydrogens (primary N) is 1. The summed E-state index contributed by atoms with van der Waals surface area (Å²) >= 11 is 0. The van der Waals surface area contributed by atoms with Crippen LogP contribution in [0.5, 0.6) is 0 Å². The number of benzene rings is 2. The summed E-state index contributed by atoms with van der Waals surface area (Å²) in [4.78, 5) is 31.1. The first-order chi connectivity index (χ1) is 9.93. The first kappa shape index (κ1) is 19.5. The molecule has 22 heavy (non-hydrogen) atoms. The van der Waals surface area contributed by atoms with Gasteiger partial charge in [-0.3, -0.25) is 4.79 Å². The van der Waals surface area contributed by atoms with Crippen LogP contribution in [0.1, 0.15) is 31.1 Å². The Morgan fingerprint density at radius 3 is 1.36 bits per heavy atom. The second-order valence-electron chi connectivity index (χ2n) is 3.85. The number of amides is 1. The maximum absolute atomic E-state index is 10.4. The molecule has 6 nitrogen and oxygen atoms in total. The zero-order valence-corrected chi connectivity index (χ0v) is 14.5. The SMILES string of the molecule is NC(=O)c1ccccc1.O=C([O-])c1ccccc1C(=O)[O-].[Zn+2]. The minimum atomic E-state index is -1.52. The molecule has 0 aromatic heterocycles. The number of rotatable bonds is 3. The molecule has 2 N–H and O–H groups in total. The van der Waals surface area contributed by atoms with E-state index >= 15 is 0 Å². The predicted molar refractivity (Wildman–Crippen MR) is 70.1 cm³/mol. The maximum Gasteiger partial charge on any atom is 2.00 e. The number of hydrogen-bond acceptors (Lipinski definition) is 5. The zero-order valence-electron chi connectivity index (χ0n) is 11.5. The van der Waals surface area contributed by atoms with E-state index < -0.39 is 11.9 Å². The van der Waals surface area contributed by atoms with E-state index in [9.17, 15) is 24.6 Å². The summed E-state index contributed by atoms with van der Waals surface area (Å²) in [7, 11) is 0. The van der Waals surface area contributed by atoms with Gasteiger partial charge in [0.15, 0.2) is 0 Å². The smallest absolute Gasteiger partial charge is 0.545 e. The second-order valence-corrected chi connectivity index (χ2v) is 3.85. The molecular formula is C15H11NO5Zn. The van der Waals surface area contributed by atoms with E-state index in [1.165, 1.54) is 12.1 Å². The van der Waals surface area contributed by atoms with Gasteiger partial charge in [-0.2, -0.15) is 0 Å². The second kappa shape index (κ2) is 9.42. The molecule has 7 heteroatoms. The van der Waals surface area contributed by atoms with E-state index in [1.807, 2.05) is 6.07 Å². The first-order valence-corrected chi connectivity index (χ1v) is 5.80. The van der Waals surface area contributed by atoms with Gasteiger partial charge in [0.05, 0.1) is 11.9 Å². The first-order valence-electron chi connectivity index (χ1n) is 5.80. The van der Waals surface area contributed by atoms with Crippen LogP contribution in [0.15, 0.2) is 54.6 Å². The van der Waals surface area contributed by atoms with E-state index in [1.54, 1.807) is 24.3 Å². The van der Waals surface area contributed by atoms with Crippen LogP contribution in [0, 0.1) is 0 Å². The topological polar surface area (TPSA) is 123 Å². The summed E-state index contributed by atoms with van der Waals surface area (Å²) in [5.74, 6) is -3.42. The summed E-state index contributed by atoms with van der Waals surface area (Å²) in [5.41, 5.74) is 4.80. The zero-order chi connectivity index (χ0) is 15.8. The maximum atomic E-state index is 10.4. The van der Waals surface area contributed by atoms with Crippen LogP contribution in [-0.2, 0) is 19.5 Å². The van der Waals surface area contributed by atoms with Crippen LogP contribution >= 0.6 is 0 Å². The number of aromatic carboxylic acids is 2. The van der Waals surface area contributed by atoms with Crippen LogP contribution in [0.2, 0.25) is 0 Å². The van der Waals surface area contributed by atoms with Crippen molar-refractivity contribution in [3.8, 4) is 0 Å². The van der Waals surface area contributed by atoms with Crippen molar-refractivity contribution >= 4 is 17.8 Å². The van der Waals surface area contributed by atoms with Crippen molar-refractivity contribution in [3.63, 3.8) is 0 Å². The van der Waals surface area contributed by atoms with Crippen molar-refractivity contribution in [1.29, 1.82) is 0 Å². The monoisotopic (exact) mass is 349 g/mol.